The highest BCUT2D eigenvalue weighted by atomic mass is 16.5. The van der Waals surface area contributed by atoms with E-state index in [1.807, 2.05) is 0 Å². The second-order valence-corrected chi connectivity index (χ2v) is 4.49. The Morgan fingerprint density at radius 1 is 1.04 bits per heavy atom. The molecule has 0 saturated carbocycles. The van der Waals surface area contributed by atoms with E-state index in [2.05, 4.69) is 10.9 Å². The number of phenols is 1. The summed E-state index contributed by atoms with van der Waals surface area (Å²) in [6.07, 6.45) is 0. The zero-order valence-corrected chi connectivity index (χ0v) is 12.4. The van der Waals surface area contributed by atoms with Gasteiger partial charge in [0.05, 0.1) is 7.11 Å². The van der Waals surface area contributed by atoms with Crippen LogP contribution in [0.3, 0.4) is 0 Å². The van der Waals surface area contributed by atoms with Crippen LogP contribution in [-0.4, -0.2) is 30.6 Å². The van der Waals surface area contributed by atoms with Crippen LogP contribution in [0.4, 0.5) is 0 Å². The first-order valence-electron chi connectivity index (χ1n) is 6.74. The average molecular weight is 316 g/mol. The van der Waals surface area contributed by atoms with Crippen molar-refractivity contribution in [3.8, 4) is 17.2 Å². The van der Waals surface area contributed by atoms with Crippen molar-refractivity contribution in [1.82, 2.24) is 10.9 Å². The van der Waals surface area contributed by atoms with Gasteiger partial charge in [0.1, 0.15) is 5.75 Å². The number of rotatable bonds is 5. The predicted octanol–water partition coefficient (Wildman–Crippen LogP) is 1.24. The van der Waals surface area contributed by atoms with Gasteiger partial charge in [-0.2, -0.15) is 0 Å². The Hall–Kier alpha value is -3.22. The van der Waals surface area contributed by atoms with E-state index in [1.165, 1.54) is 31.4 Å². The van der Waals surface area contributed by atoms with Gasteiger partial charge in [-0.1, -0.05) is 18.2 Å². The third-order valence-electron chi connectivity index (χ3n) is 2.85. The molecule has 0 saturated heterocycles. The first kappa shape index (κ1) is 16.2. The molecule has 0 aliphatic carbocycles. The summed E-state index contributed by atoms with van der Waals surface area (Å²) < 4.78 is 10.4. The lowest BCUT2D eigenvalue weighted by Crippen LogP contribution is -2.43. The van der Waals surface area contributed by atoms with E-state index >= 15 is 0 Å². The van der Waals surface area contributed by atoms with Crippen molar-refractivity contribution in [3.05, 3.63) is 54.1 Å². The minimum absolute atomic E-state index is 0.0384. The molecule has 3 N–H and O–H groups in total. The molecule has 2 amide bonds. The number of aromatic hydroxyl groups is 1. The van der Waals surface area contributed by atoms with E-state index in [0.717, 1.165) is 0 Å². The minimum Gasteiger partial charge on any atom is -0.508 e. The first-order valence-corrected chi connectivity index (χ1v) is 6.74. The lowest BCUT2D eigenvalue weighted by Gasteiger charge is -2.11. The highest BCUT2D eigenvalue weighted by Gasteiger charge is 2.09. The predicted molar refractivity (Wildman–Crippen MR) is 82.2 cm³/mol. The monoisotopic (exact) mass is 316 g/mol. The van der Waals surface area contributed by atoms with Crippen LogP contribution < -0.4 is 20.3 Å². The maximum Gasteiger partial charge on any atom is 0.276 e. The van der Waals surface area contributed by atoms with Crippen LogP contribution in [0.2, 0.25) is 0 Å². The fourth-order valence-corrected chi connectivity index (χ4v) is 1.76. The Labute approximate surface area is 132 Å². The molecular formula is C16H16N2O5. The Kier molecular flexibility index (Phi) is 5.40. The molecule has 0 fully saturated rings. The maximum absolute atomic E-state index is 11.8. The van der Waals surface area contributed by atoms with Crippen molar-refractivity contribution < 1.29 is 24.2 Å². The number of ether oxygens (including phenoxy) is 2. The average Bonchev–Trinajstić information content (AvgIpc) is 2.58. The van der Waals surface area contributed by atoms with Crippen LogP contribution in [0.25, 0.3) is 0 Å². The fraction of sp³-hybridized carbons (Fsp3) is 0.125. The zero-order chi connectivity index (χ0) is 16.7. The van der Waals surface area contributed by atoms with Crippen molar-refractivity contribution >= 4 is 11.8 Å². The Balaban J connectivity index is 1.82. The van der Waals surface area contributed by atoms with Gasteiger partial charge in [0.2, 0.25) is 0 Å². The Bertz CT molecular complexity index is 702. The van der Waals surface area contributed by atoms with Gasteiger partial charge in [0.15, 0.2) is 18.1 Å². The summed E-state index contributed by atoms with van der Waals surface area (Å²) in [5, 5.41) is 9.30. The quantitative estimate of drug-likeness (QED) is 0.721. The number of hydrogen-bond acceptors (Lipinski definition) is 5. The summed E-state index contributed by atoms with van der Waals surface area (Å²) in [4.78, 5) is 23.5. The van der Waals surface area contributed by atoms with Crippen LogP contribution in [0.5, 0.6) is 17.2 Å². The van der Waals surface area contributed by atoms with Crippen molar-refractivity contribution in [2.75, 3.05) is 13.7 Å². The zero-order valence-electron chi connectivity index (χ0n) is 12.4. The second-order valence-electron chi connectivity index (χ2n) is 4.49. The highest BCUT2D eigenvalue weighted by molar-refractivity contribution is 5.95. The molecule has 23 heavy (non-hydrogen) atoms. The lowest BCUT2D eigenvalue weighted by molar-refractivity contribution is -0.123. The Morgan fingerprint density at radius 3 is 2.48 bits per heavy atom. The lowest BCUT2D eigenvalue weighted by atomic mass is 10.2. The van der Waals surface area contributed by atoms with Gasteiger partial charge in [-0.3, -0.25) is 20.4 Å². The minimum atomic E-state index is -0.549. The molecule has 0 aromatic heterocycles. The number of carbonyl (C=O) groups excluding carboxylic acids is 2. The molecule has 7 nitrogen and oxygen atoms in total. The van der Waals surface area contributed by atoms with Crippen LogP contribution in [0, 0.1) is 0 Å². The number of phenolic OH excluding ortho intramolecular Hbond substituents is 1. The summed E-state index contributed by atoms with van der Waals surface area (Å²) in [5.74, 6) is -0.201. The summed E-state index contributed by atoms with van der Waals surface area (Å²) in [5.41, 5.74) is 4.67. The van der Waals surface area contributed by atoms with Crippen molar-refractivity contribution in [3.63, 3.8) is 0 Å². The van der Waals surface area contributed by atoms with Crippen molar-refractivity contribution in [2.24, 2.45) is 0 Å². The second kappa shape index (κ2) is 7.69. The molecule has 7 heteroatoms. The van der Waals surface area contributed by atoms with Crippen LogP contribution in [0.15, 0.2) is 48.5 Å². The van der Waals surface area contributed by atoms with E-state index < -0.39 is 11.8 Å². The number of benzene rings is 2. The number of para-hydroxylation sites is 2. The van der Waals surface area contributed by atoms with Crippen LogP contribution in [-0.2, 0) is 4.79 Å². The van der Waals surface area contributed by atoms with Gasteiger partial charge in [-0.05, 0) is 30.3 Å². The Morgan fingerprint density at radius 2 is 1.78 bits per heavy atom. The number of nitrogens with one attached hydrogen (secondary N) is 2. The van der Waals surface area contributed by atoms with E-state index in [-0.39, 0.29) is 17.9 Å². The fourth-order valence-electron chi connectivity index (χ4n) is 1.76. The molecular weight excluding hydrogens is 300 g/mol. The third kappa shape index (κ3) is 4.63. The molecule has 0 bridgehead atoms. The first-order chi connectivity index (χ1) is 11.1. The molecule has 2 rings (SSSR count). The van der Waals surface area contributed by atoms with Gasteiger partial charge < -0.3 is 14.6 Å². The number of amides is 2. The normalized spacial score (nSPS) is 9.78. The molecule has 0 atom stereocenters. The highest BCUT2D eigenvalue weighted by Crippen LogP contribution is 2.25. The van der Waals surface area contributed by atoms with Gasteiger partial charge >= 0.3 is 0 Å². The summed E-state index contributed by atoms with van der Waals surface area (Å²) in [6.45, 7) is -0.291. The number of methoxy groups -OCH3 is 1. The molecule has 0 heterocycles. The molecule has 0 unspecified atom stereocenters. The van der Waals surface area contributed by atoms with Gasteiger partial charge in [-0.25, -0.2) is 0 Å². The standard InChI is InChI=1S/C16H16N2O5/c1-22-13-7-2-3-8-14(13)23-10-15(20)17-18-16(21)11-5-4-6-12(19)9-11/h2-9,19H,10H2,1H3,(H,17,20)(H,18,21). The van der Waals surface area contributed by atoms with Crippen LogP contribution in [0.1, 0.15) is 10.4 Å². The molecule has 2 aromatic carbocycles. The van der Waals surface area contributed by atoms with E-state index in [0.29, 0.717) is 11.5 Å². The summed E-state index contributed by atoms with van der Waals surface area (Å²) in [7, 11) is 1.50. The molecule has 120 valence electrons. The molecule has 2 aromatic rings. The number of hydrazine groups is 1. The van der Waals surface area contributed by atoms with Crippen LogP contribution >= 0.6 is 0 Å². The maximum atomic E-state index is 11.8. The molecule has 0 aliphatic rings. The van der Waals surface area contributed by atoms with Gasteiger partial charge in [-0.15, -0.1) is 0 Å². The SMILES string of the molecule is COc1ccccc1OCC(=O)NNC(=O)c1cccc(O)c1. The van der Waals surface area contributed by atoms with E-state index in [1.54, 1.807) is 24.3 Å². The topological polar surface area (TPSA) is 96.9 Å². The molecule has 0 radical (unpaired) electrons. The smallest absolute Gasteiger partial charge is 0.276 e. The van der Waals surface area contributed by atoms with E-state index in [9.17, 15) is 14.7 Å². The van der Waals surface area contributed by atoms with Crippen molar-refractivity contribution in [2.45, 2.75) is 0 Å². The summed E-state index contributed by atoms with van der Waals surface area (Å²) >= 11 is 0. The van der Waals surface area contributed by atoms with Gasteiger partial charge in [0.25, 0.3) is 11.8 Å². The number of carbonyl (C=O) groups is 2. The van der Waals surface area contributed by atoms with Crippen molar-refractivity contribution in [1.29, 1.82) is 0 Å². The largest absolute Gasteiger partial charge is 0.508 e. The summed E-state index contributed by atoms with van der Waals surface area (Å²) in [6, 6.07) is 12.7. The van der Waals surface area contributed by atoms with E-state index in [4.69, 9.17) is 9.47 Å². The molecule has 0 spiro atoms. The van der Waals surface area contributed by atoms with Gasteiger partial charge in [0, 0.05) is 5.56 Å². The molecule has 0 aliphatic heterocycles. The third-order valence-corrected chi connectivity index (χ3v) is 2.85. The number of hydrogen-bond donors (Lipinski definition) is 3.